The third kappa shape index (κ3) is 3.94. The summed E-state index contributed by atoms with van der Waals surface area (Å²) in [5, 5.41) is 0. The summed E-state index contributed by atoms with van der Waals surface area (Å²) in [6, 6.07) is 10.5. The normalized spacial score (nSPS) is 11.3. The first-order chi connectivity index (χ1) is 11.1. The molecule has 0 saturated heterocycles. The lowest BCUT2D eigenvalue weighted by molar-refractivity contribution is -0.125. The van der Waals surface area contributed by atoms with Crippen LogP contribution in [-0.2, 0) is 4.79 Å². The SMILES string of the molecule is CCN(CC)C(=O)/C(=C\c1ccc(F)cc1)n1ccccc1=O. The van der Waals surface area contributed by atoms with Gasteiger partial charge in [0.15, 0.2) is 0 Å². The minimum atomic E-state index is -0.351. The van der Waals surface area contributed by atoms with Crippen molar-refractivity contribution in [2.45, 2.75) is 13.8 Å². The predicted octanol–water partition coefficient (Wildman–Crippen LogP) is 2.85. The summed E-state index contributed by atoms with van der Waals surface area (Å²) in [6.45, 7) is 4.84. The van der Waals surface area contributed by atoms with E-state index >= 15 is 0 Å². The highest BCUT2D eigenvalue weighted by Gasteiger charge is 2.18. The van der Waals surface area contributed by atoms with E-state index in [9.17, 15) is 14.0 Å². The number of pyridine rings is 1. The van der Waals surface area contributed by atoms with Gasteiger partial charge in [-0.2, -0.15) is 0 Å². The van der Waals surface area contributed by atoms with Crippen LogP contribution in [0, 0.1) is 5.82 Å². The summed E-state index contributed by atoms with van der Waals surface area (Å²) in [5.41, 5.74) is 0.602. The molecule has 0 atom stereocenters. The molecule has 0 unspecified atom stereocenters. The number of carbonyl (C=O) groups excluding carboxylic acids is 1. The molecule has 4 nitrogen and oxygen atoms in total. The zero-order chi connectivity index (χ0) is 16.8. The van der Waals surface area contributed by atoms with Crippen molar-refractivity contribution in [3.63, 3.8) is 0 Å². The molecule has 1 heterocycles. The molecule has 1 aromatic carbocycles. The van der Waals surface area contributed by atoms with Crippen LogP contribution in [0.4, 0.5) is 4.39 Å². The van der Waals surface area contributed by atoms with Crippen LogP contribution >= 0.6 is 0 Å². The zero-order valence-corrected chi connectivity index (χ0v) is 13.2. The standard InChI is InChI=1S/C18H19FN2O2/c1-3-20(4-2)18(23)16(21-12-6-5-7-17(21)22)13-14-8-10-15(19)11-9-14/h5-13H,3-4H2,1-2H3/b16-13+. The van der Waals surface area contributed by atoms with E-state index < -0.39 is 0 Å². The average molecular weight is 314 g/mol. The molecule has 2 aromatic rings. The van der Waals surface area contributed by atoms with Crippen LogP contribution in [0.2, 0.25) is 0 Å². The Morgan fingerprint density at radius 3 is 2.35 bits per heavy atom. The highest BCUT2D eigenvalue weighted by molar-refractivity contribution is 6.18. The van der Waals surface area contributed by atoms with E-state index in [0.29, 0.717) is 18.7 Å². The minimum absolute atomic E-state index is 0.242. The van der Waals surface area contributed by atoms with E-state index in [1.165, 1.54) is 22.8 Å². The van der Waals surface area contributed by atoms with Crippen LogP contribution in [-0.4, -0.2) is 28.5 Å². The Labute approximate surface area is 134 Å². The fourth-order valence-electron chi connectivity index (χ4n) is 2.25. The predicted molar refractivity (Wildman–Crippen MR) is 89.2 cm³/mol. The minimum Gasteiger partial charge on any atom is -0.338 e. The summed E-state index contributed by atoms with van der Waals surface area (Å²) < 4.78 is 14.4. The topological polar surface area (TPSA) is 42.3 Å². The van der Waals surface area contributed by atoms with Crippen molar-refractivity contribution in [2.24, 2.45) is 0 Å². The van der Waals surface area contributed by atoms with Crippen molar-refractivity contribution in [1.82, 2.24) is 9.47 Å². The van der Waals surface area contributed by atoms with Gasteiger partial charge in [-0.25, -0.2) is 4.39 Å². The Kier molecular flexibility index (Phi) is 5.46. The van der Waals surface area contributed by atoms with E-state index in [4.69, 9.17) is 0 Å². The lowest BCUT2D eigenvalue weighted by Crippen LogP contribution is -2.35. The Bertz CT molecular complexity index is 759. The molecular formula is C18H19FN2O2. The van der Waals surface area contributed by atoms with E-state index in [1.807, 2.05) is 13.8 Å². The van der Waals surface area contributed by atoms with E-state index in [-0.39, 0.29) is 23.0 Å². The second-order valence-corrected chi connectivity index (χ2v) is 4.97. The fraction of sp³-hybridized carbons (Fsp3) is 0.222. The number of hydrogen-bond acceptors (Lipinski definition) is 2. The number of amides is 1. The third-order valence-electron chi connectivity index (χ3n) is 3.53. The Balaban J connectivity index is 2.56. The van der Waals surface area contributed by atoms with Gasteiger partial charge in [0.1, 0.15) is 11.5 Å². The van der Waals surface area contributed by atoms with E-state index in [1.54, 1.807) is 41.4 Å². The molecular weight excluding hydrogens is 295 g/mol. The summed E-state index contributed by atoms with van der Waals surface area (Å²) >= 11 is 0. The molecule has 0 saturated carbocycles. The van der Waals surface area contributed by atoms with Gasteiger partial charge in [0, 0.05) is 25.4 Å². The summed E-state index contributed by atoms with van der Waals surface area (Å²) in [4.78, 5) is 26.5. The molecule has 23 heavy (non-hydrogen) atoms. The van der Waals surface area contributed by atoms with Crippen LogP contribution in [0.1, 0.15) is 19.4 Å². The molecule has 1 amide bonds. The number of nitrogens with zero attached hydrogens (tertiary/aromatic N) is 2. The van der Waals surface area contributed by atoms with Gasteiger partial charge in [0.25, 0.3) is 11.5 Å². The first kappa shape index (κ1) is 16.7. The molecule has 120 valence electrons. The summed E-state index contributed by atoms with van der Waals surface area (Å²) in [7, 11) is 0. The number of rotatable bonds is 5. The van der Waals surface area contributed by atoms with Gasteiger partial charge in [-0.1, -0.05) is 18.2 Å². The van der Waals surface area contributed by atoms with Gasteiger partial charge in [-0.3, -0.25) is 14.2 Å². The van der Waals surface area contributed by atoms with Crippen LogP contribution in [0.15, 0.2) is 53.5 Å². The largest absolute Gasteiger partial charge is 0.338 e. The number of benzene rings is 1. The molecule has 5 heteroatoms. The van der Waals surface area contributed by atoms with Crippen molar-refractivity contribution in [1.29, 1.82) is 0 Å². The lowest BCUT2D eigenvalue weighted by Gasteiger charge is -2.21. The zero-order valence-electron chi connectivity index (χ0n) is 13.2. The maximum atomic E-state index is 13.1. The van der Waals surface area contributed by atoms with Crippen LogP contribution in [0.25, 0.3) is 11.8 Å². The van der Waals surface area contributed by atoms with Gasteiger partial charge in [-0.15, -0.1) is 0 Å². The monoisotopic (exact) mass is 314 g/mol. The average Bonchev–Trinajstić information content (AvgIpc) is 2.56. The van der Waals surface area contributed by atoms with Crippen LogP contribution < -0.4 is 5.56 Å². The highest BCUT2D eigenvalue weighted by atomic mass is 19.1. The molecule has 0 aliphatic rings. The second-order valence-electron chi connectivity index (χ2n) is 4.97. The van der Waals surface area contributed by atoms with Gasteiger partial charge < -0.3 is 4.90 Å². The second kappa shape index (κ2) is 7.54. The van der Waals surface area contributed by atoms with Crippen LogP contribution in [0.3, 0.4) is 0 Å². The van der Waals surface area contributed by atoms with Gasteiger partial charge >= 0.3 is 0 Å². The molecule has 0 bridgehead atoms. The molecule has 0 radical (unpaired) electrons. The van der Waals surface area contributed by atoms with Crippen molar-refractivity contribution in [2.75, 3.05) is 13.1 Å². The first-order valence-electron chi connectivity index (χ1n) is 7.51. The molecule has 0 spiro atoms. The number of aromatic nitrogens is 1. The first-order valence-corrected chi connectivity index (χ1v) is 7.51. The number of carbonyl (C=O) groups is 1. The Morgan fingerprint density at radius 2 is 1.78 bits per heavy atom. The van der Waals surface area contributed by atoms with Crippen molar-refractivity contribution in [3.05, 3.63) is 70.4 Å². The van der Waals surface area contributed by atoms with Crippen molar-refractivity contribution in [3.8, 4) is 0 Å². The van der Waals surface area contributed by atoms with E-state index in [0.717, 1.165) is 0 Å². The van der Waals surface area contributed by atoms with E-state index in [2.05, 4.69) is 0 Å². The lowest BCUT2D eigenvalue weighted by atomic mass is 10.1. The summed E-state index contributed by atoms with van der Waals surface area (Å²) in [6.07, 6.45) is 3.15. The Morgan fingerprint density at radius 1 is 1.13 bits per heavy atom. The van der Waals surface area contributed by atoms with Crippen molar-refractivity contribution < 1.29 is 9.18 Å². The molecule has 2 rings (SSSR count). The van der Waals surface area contributed by atoms with Gasteiger partial charge in [0.05, 0.1) is 0 Å². The van der Waals surface area contributed by atoms with Gasteiger partial charge in [0.2, 0.25) is 0 Å². The molecule has 0 N–H and O–H groups in total. The van der Waals surface area contributed by atoms with Crippen LogP contribution in [0.5, 0.6) is 0 Å². The fourth-order valence-corrected chi connectivity index (χ4v) is 2.25. The maximum Gasteiger partial charge on any atom is 0.270 e. The van der Waals surface area contributed by atoms with Gasteiger partial charge in [-0.05, 0) is 43.7 Å². The molecule has 0 aliphatic heterocycles. The molecule has 0 aliphatic carbocycles. The number of hydrogen-bond donors (Lipinski definition) is 0. The summed E-state index contributed by atoms with van der Waals surface area (Å²) in [5.74, 6) is -0.594. The Hall–Kier alpha value is -2.69. The molecule has 0 fully saturated rings. The maximum absolute atomic E-state index is 13.1. The molecule has 1 aromatic heterocycles. The smallest absolute Gasteiger partial charge is 0.270 e. The highest BCUT2D eigenvalue weighted by Crippen LogP contribution is 2.14. The number of likely N-dealkylation sites (N-methyl/N-ethyl adjacent to an activating group) is 1. The van der Waals surface area contributed by atoms with Crippen molar-refractivity contribution >= 4 is 17.7 Å². The quantitative estimate of drug-likeness (QED) is 0.796. The third-order valence-corrected chi connectivity index (χ3v) is 3.53. The number of halogens is 1.